The summed E-state index contributed by atoms with van der Waals surface area (Å²) in [6, 6.07) is 4.73. The Balaban J connectivity index is 2.44. The Hall–Kier alpha value is -1.98. The van der Waals surface area contributed by atoms with Gasteiger partial charge in [0.15, 0.2) is 0 Å². The highest BCUT2D eigenvalue weighted by molar-refractivity contribution is 5.60. The fraction of sp³-hybridized carbons (Fsp3) is 0.100. The van der Waals surface area contributed by atoms with Gasteiger partial charge in [-0.25, -0.2) is 0 Å². The standard InChI is InChI=1S/C10H7F3N2O/c11-10(12,13)7-3-1-2-6(4-7)8-5-16-9(14)15-8/h1-5H,(H2,14,15). The van der Waals surface area contributed by atoms with Crippen molar-refractivity contribution < 1.29 is 17.6 Å². The van der Waals surface area contributed by atoms with E-state index in [0.29, 0.717) is 5.56 Å². The molecule has 0 radical (unpaired) electrons. The summed E-state index contributed by atoms with van der Waals surface area (Å²) in [6.45, 7) is 0. The Morgan fingerprint density at radius 3 is 2.56 bits per heavy atom. The van der Waals surface area contributed by atoms with Gasteiger partial charge in [0, 0.05) is 5.56 Å². The van der Waals surface area contributed by atoms with Crippen LogP contribution in [0.5, 0.6) is 0 Å². The maximum atomic E-state index is 12.4. The minimum Gasteiger partial charge on any atom is -0.432 e. The molecule has 0 aliphatic carbocycles. The van der Waals surface area contributed by atoms with Crippen LogP contribution in [0.25, 0.3) is 11.3 Å². The minimum absolute atomic E-state index is 0.0765. The SMILES string of the molecule is Nc1nc(-c2cccc(C(F)(F)F)c2)co1. The molecule has 1 aromatic heterocycles. The van der Waals surface area contributed by atoms with Gasteiger partial charge in [0.1, 0.15) is 12.0 Å². The highest BCUT2D eigenvalue weighted by atomic mass is 19.4. The summed E-state index contributed by atoms with van der Waals surface area (Å²) in [4.78, 5) is 3.75. The monoisotopic (exact) mass is 228 g/mol. The number of alkyl halides is 3. The van der Waals surface area contributed by atoms with Crippen molar-refractivity contribution in [1.82, 2.24) is 4.98 Å². The van der Waals surface area contributed by atoms with Gasteiger partial charge in [0.2, 0.25) is 0 Å². The molecular weight excluding hydrogens is 221 g/mol. The van der Waals surface area contributed by atoms with E-state index in [9.17, 15) is 13.2 Å². The maximum absolute atomic E-state index is 12.4. The van der Waals surface area contributed by atoms with Crippen LogP contribution in [0.1, 0.15) is 5.56 Å². The smallest absolute Gasteiger partial charge is 0.416 e. The second-order valence-corrected chi connectivity index (χ2v) is 3.15. The zero-order valence-corrected chi connectivity index (χ0v) is 7.95. The van der Waals surface area contributed by atoms with Crippen LogP contribution in [0.2, 0.25) is 0 Å². The van der Waals surface area contributed by atoms with Gasteiger partial charge in [-0.3, -0.25) is 0 Å². The molecule has 0 spiro atoms. The van der Waals surface area contributed by atoms with Crippen LogP contribution in [-0.4, -0.2) is 4.98 Å². The third-order valence-electron chi connectivity index (χ3n) is 2.01. The largest absolute Gasteiger partial charge is 0.432 e. The first kappa shape index (κ1) is 10.5. The number of nitrogens with zero attached hydrogens (tertiary/aromatic N) is 1. The lowest BCUT2D eigenvalue weighted by molar-refractivity contribution is -0.137. The first-order valence-electron chi connectivity index (χ1n) is 4.35. The number of hydrogen-bond donors (Lipinski definition) is 1. The minimum atomic E-state index is -4.37. The molecule has 0 amide bonds. The maximum Gasteiger partial charge on any atom is 0.416 e. The van der Waals surface area contributed by atoms with Crippen molar-refractivity contribution in [3.8, 4) is 11.3 Å². The van der Waals surface area contributed by atoms with E-state index in [1.54, 1.807) is 0 Å². The molecule has 0 bridgehead atoms. The third kappa shape index (κ3) is 2.00. The van der Waals surface area contributed by atoms with E-state index in [-0.39, 0.29) is 11.7 Å². The molecule has 2 aromatic rings. The van der Waals surface area contributed by atoms with Crippen LogP contribution in [0.3, 0.4) is 0 Å². The quantitative estimate of drug-likeness (QED) is 0.816. The molecular formula is C10H7F3N2O. The number of halogens is 3. The van der Waals surface area contributed by atoms with Crippen LogP contribution < -0.4 is 5.73 Å². The van der Waals surface area contributed by atoms with Crippen LogP contribution in [0.4, 0.5) is 19.2 Å². The number of anilines is 1. The van der Waals surface area contributed by atoms with Crippen LogP contribution in [-0.2, 0) is 6.18 Å². The lowest BCUT2D eigenvalue weighted by Crippen LogP contribution is -2.04. The molecule has 1 aromatic carbocycles. The first-order chi connectivity index (χ1) is 7.47. The number of hydrogen-bond acceptors (Lipinski definition) is 3. The molecule has 0 saturated heterocycles. The summed E-state index contributed by atoms with van der Waals surface area (Å²) in [7, 11) is 0. The molecule has 84 valence electrons. The van der Waals surface area contributed by atoms with Gasteiger partial charge in [-0.15, -0.1) is 0 Å². The van der Waals surface area contributed by atoms with Gasteiger partial charge in [0.25, 0.3) is 6.01 Å². The number of benzene rings is 1. The molecule has 0 aliphatic heterocycles. The van der Waals surface area contributed by atoms with Gasteiger partial charge in [-0.2, -0.15) is 18.2 Å². The molecule has 16 heavy (non-hydrogen) atoms. The fourth-order valence-corrected chi connectivity index (χ4v) is 1.28. The zero-order valence-electron chi connectivity index (χ0n) is 7.95. The van der Waals surface area contributed by atoms with E-state index in [2.05, 4.69) is 4.98 Å². The van der Waals surface area contributed by atoms with E-state index in [0.717, 1.165) is 12.1 Å². The summed E-state index contributed by atoms with van der Waals surface area (Å²) in [5.74, 6) is 0. The number of oxazole rings is 1. The summed E-state index contributed by atoms with van der Waals surface area (Å²) in [6.07, 6.45) is -3.16. The second kappa shape index (κ2) is 3.55. The zero-order chi connectivity index (χ0) is 11.8. The Kier molecular flexibility index (Phi) is 2.34. The van der Waals surface area contributed by atoms with E-state index >= 15 is 0 Å². The molecule has 0 saturated carbocycles. The number of rotatable bonds is 1. The van der Waals surface area contributed by atoms with E-state index in [4.69, 9.17) is 10.2 Å². The molecule has 0 atom stereocenters. The summed E-state index contributed by atoms with van der Waals surface area (Å²) < 4.78 is 42.0. The lowest BCUT2D eigenvalue weighted by atomic mass is 10.1. The molecule has 0 fully saturated rings. The Morgan fingerprint density at radius 1 is 1.25 bits per heavy atom. The van der Waals surface area contributed by atoms with Gasteiger partial charge in [0.05, 0.1) is 5.56 Å². The summed E-state index contributed by atoms with van der Waals surface area (Å²) in [5.41, 5.74) is 5.11. The highest BCUT2D eigenvalue weighted by Gasteiger charge is 2.30. The third-order valence-corrected chi connectivity index (χ3v) is 2.01. The number of nitrogens with two attached hydrogens (primary N) is 1. The van der Waals surface area contributed by atoms with Crippen LogP contribution in [0.15, 0.2) is 34.9 Å². The summed E-state index contributed by atoms with van der Waals surface area (Å²) in [5, 5.41) is 0. The first-order valence-corrected chi connectivity index (χ1v) is 4.35. The molecule has 1 heterocycles. The number of aromatic nitrogens is 1. The average Bonchev–Trinajstić information content (AvgIpc) is 2.64. The van der Waals surface area contributed by atoms with Gasteiger partial charge >= 0.3 is 6.18 Å². The molecule has 6 heteroatoms. The second-order valence-electron chi connectivity index (χ2n) is 3.15. The van der Waals surface area contributed by atoms with Crippen molar-refractivity contribution in [2.45, 2.75) is 6.18 Å². The molecule has 2 rings (SSSR count). The van der Waals surface area contributed by atoms with Crippen LogP contribution in [0, 0.1) is 0 Å². The van der Waals surface area contributed by atoms with E-state index < -0.39 is 11.7 Å². The van der Waals surface area contributed by atoms with Crippen molar-refractivity contribution in [1.29, 1.82) is 0 Å². The molecule has 0 unspecified atom stereocenters. The van der Waals surface area contributed by atoms with Crippen molar-refractivity contribution >= 4 is 6.01 Å². The predicted molar refractivity (Wildman–Crippen MR) is 51.4 cm³/mol. The Bertz CT molecular complexity index is 505. The van der Waals surface area contributed by atoms with Crippen molar-refractivity contribution in [2.24, 2.45) is 0 Å². The van der Waals surface area contributed by atoms with Gasteiger partial charge < -0.3 is 10.2 Å². The predicted octanol–water partition coefficient (Wildman–Crippen LogP) is 2.94. The highest BCUT2D eigenvalue weighted by Crippen LogP contribution is 2.31. The molecule has 2 N–H and O–H groups in total. The summed E-state index contributed by atoms with van der Waals surface area (Å²) >= 11 is 0. The average molecular weight is 228 g/mol. The van der Waals surface area contributed by atoms with Gasteiger partial charge in [-0.05, 0) is 12.1 Å². The van der Waals surface area contributed by atoms with E-state index in [1.807, 2.05) is 0 Å². The Labute approximate surface area is 88.7 Å². The van der Waals surface area contributed by atoms with Gasteiger partial charge in [-0.1, -0.05) is 12.1 Å². The normalized spacial score (nSPS) is 11.7. The molecule has 0 aliphatic rings. The lowest BCUT2D eigenvalue weighted by Gasteiger charge is -2.06. The Morgan fingerprint density at radius 2 is 2.00 bits per heavy atom. The topological polar surface area (TPSA) is 52.0 Å². The van der Waals surface area contributed by atoms with Crippen LogP contribution >= 0.6 is 0 Å². The van der Waals surface area contributed by atoms with Crippen molar-refractivity contribution in [2.75, 3.05) is 5.73 Å². The van der Waals surface area contributed by atoms with Crippen molar-refractivity contribution in [3.63, 3.8) is 0 Å². The fourth-order valence-electron chi connectivity index (χ4n) is 1.28. The number of nitrogen functional groups attached to an aromatic ring is 1. The van der Waals surface area contributed by atoms with Crippen molar-refractivity contribution in [3.05, 3.63) is 36.1 Å². The molecule has 3 nitrogen and oxygen atoms in total. The van der Waals surface area contributed by atoms with E-state index in [1.165, 1.54) is 18.4 Å².